The van der Waals surface area contributed by atoms with Crippen molar-refractivity contribution in [3.63, 3.8) is 0 Å². The highest BCUT2D eigenvalue weighted by Gasteiger charge is 2.06. The van der Waals surface area contributed by atoms with E-state index in [0.29, 0.717) is 0 Å². The van der Waals surface area contributed by atoms with Gasteiger partial charge in [-0.1, -0.05) is 24.3 Å². The molecule has 0 radical (unpaired) electrons. The second kappa shape index (κ2) is 5.60. The third-order valence-corrected chi connectivity index (χ3v) is 5.00. The van der Waals surface area contributed by atoms with Crippen molar-refractivity contribution in [3.05, 3.63) is 77.1 Å². The van der Waals surface area contributed by atoms with E-state index in [2.05, 4.69) is 62.4 Å². The number of hydrogen-bond donors (Lipinski definition) is 0. The van der Waals surface area contributed by atoms with Crippen molar-refractivity contribution in [2.24, 2.45) is 4.99 Å². The van der Waals surface area contributed by atoms with Crippen molar-refractivity contribution in [1.29, 1.82) is 0 Å². The van der Waals surface area contributed by atoms with Crippen molar-refractivity contribution in [3.8, 4) is 10.6 Å². The summed E-state index contributed by atoms with van der Waals surface area (Å²) < 4.78 is 1.20. The minimum Gasteiger partial charge on any atom is -0.249 e. The average Bonchev–Trinajstić information content (AvgIpc) is 2.56. The van der Waals surface area contributed by atoms with Crippen molar-refractivity contribution >= 4 is 27.2 Å². The Balaban J connectivity index is 1.91. The van der Waals surface area contributed by atoms with Crippen LogP contribution in [0.3, 0.4) is 0 Å². The van der Waals surface area contributed by atoms with E-state index in [9.17, 15) is 0 Å². The third kappa shape index (κ3) is 2.76. The Bertz CT molecular complexity index is 1050. The molecule has 0 N–H and O–H groups in total. The zero-order valence-corrected chi connectivity index (χ0v) is 13.9. The number of para-hydroxylation sites is 1. The molecule has 0 fully saturated rings. The summed E-state index contributed by atoms with van der Waals surface area (Å²) in [5, 5.41) is 0.972. The summed E-state index contributed by atoms with van der Waals surface area (Å²) in [6, 6.07) is 20.8. The summed E-state index contributed by atoms with van der Waals surface area (Å²) in [6.45, 7) is 4.19. The van der Waals surface area contributed by atoms with Crippen LogP contribution in [0.25, 0.3) is 20.8 Å². The maximum atomic E-state index is 4.81. The Morgan fingerprint density at radius 2 is 1.78 bits per heavy atom. The lowest BCUT2D eigenvalue weighted by Crippen LogP contribution is -2.01. The van der Waals surface area contributed by atoms with E-state index in [1.807, 2.05) is 12.1 Å². The van der Waals surface area contributed by atoms with Crippen LogP contribution < -0.4 is 5.36 Å². The van der Waals surface area contributed by atoms with Gasteiger partial charge in [0.05, 0.1) is 31.8 Å². The minimum atomic E-state index is 0.972. The maximum absolute atomic E-state index is 4.81. The first-order valence-electron chi connectivity index (χ1n) is 7.61. The lowest BCUT2D eigenvalue weighted by molar-refractivity contribution is 1.27. The molecule has 23 heavy (non-hydrogen) atoms. The predicted molar refractivity (Wildman–Crippen MR) is 97.4 cm³/mol. The summed E-state index contributed by atoms with van der Waals surface area (Å²) in [5.41, 5.74) is 5.52. The van der Waals surface area contributed by atoms with Crippen molar-refractivity contribution in [1.82, 2.24) is 4.98 Å². The van der Waals surface area contributed by atoms with Gasteiger partial charge in [-0.25, -0.2) is 9.98 Å². The molecule has 1 aliphatic heterocycles. The summed E-state index contributed by atoms with van der Waals surface area (Å²) in [6.07, 6.45) is 0. The summed E-state index contributed by atoms with van der Waals surface area (Å²) in [4.78, 5) is 10.7. The fourth-order valence-corrected chi connectivity index (χ4v) is 3.61. The monoisotopic (exact) mass is 316 g/mol. The molecule has 0 atom stereocenters. The maximum Gasteiger partial charge on any atom is 0.0811 e. The number of benzene rings is 3. The topological polar surface area (TPSA) is 25.2 Å². The highest BCUT2D eigenvalue weighted by atomic mass is 32.1. The predicted octanol–water partition coefficient (Wildman–Crippen LogP) is 5.25. The first-order chi connectivity index (χ1) is 11.2. The van der Waals surface area contributed by atoms with Gasteiger partial charge in [0.1, 0.15) is 0 Å². The van der Waals surface area contributed by atoms with E-state index in [1.54, 1.807) is 11.3 Å². The van der Waals surface area contributed by atoms with Gasteiger partial charge in [0.2, 0.25) is 0 Å². The lowest BCUT2D eigenvalue weighted by atomic mass is 10.1. The molecule has 112 valence electrons. The van der Waals surface area contributed by atoms with E-state index in [0.717, 1.165) is 27.1 Å². The number of nitrogens with zero attached hydrogens (tertiary/aromatic N) is 2. The molecule has 0 aromatic heterocycles. The molecule has 0 unspecified atom stereocenters. The highest BCUT2D eigenvalue weighted by molar-refractivity contribution is 7.21. The molecule has 3 heteroatoms. The molecule has 2 aliphatic rings. The summed E-state index contributed by atoms with van der Waals surface area (Å²) in [7, 11) is 0. The molecule has 0 bridgehead atoms. The molecule has 2 aromatic carbocycles. The van der Waals surface area contributed by atoms with Crippen LogP contribution in [0.4, 0.5) is 5.69 Å². The van der Waals surface area contributed by atoms with Crippen LogP contribution in [0, 0.1) is 13.8 Å². The summed E-state index contributed by atoms with van der Waals surface area (Å²) >= 11 is 1.76. The molecular formula is C20H16N2S. The molecule has 2 nitrogen and oxygen atoms in total. The molecule has 1 heterocycles. The van der Waals surface area contributed by atoms with Crippen LogP contribution in [-0.2, 0) is 0 Å². The molecule has 2 aromatic rings. The van der Waals surface area contributed by atoms with Gasteiger partial charge in [0.25, 0.3) is 0 Å². The standard InChI is InChI=1S/C20H16N2S/c1-13-7-8-14(2)18(11-13)21-15-9-10-17-20(12-15)23-19-6-4-3-5-16(19)22-17/h3-12H,1-2H3. The second-order valence-electron chi connectivity index (χ2n) is 5.74. The van der Waals surface area contributed by atoms with Gasteiger partial charge in [-0.15, -0.1) is 11.3 Å². The van der Waals surface area contributed by atoms with Crippen molar-refractivity contribution in [2.45, 2.75) is 13.8 Å². The summed E-state index contributed by atoms with van der Waals surface area (Å²) in [5.74, 6) is 0. The van der Waals surface area contributed by atoms with Crippen molar-refractivity contribution < 1.29 is 0 Å². The average molecular weight is 316 g/mol. The molecule has 0 saturated heterocycles. The van der Waals surface area contributed by atoms with Gasteiger partial charge < -0.3 is 0 Å². The van der Waals surface area contributed by atoms with E-state index in [-0.39, 0.29) is 0 Å². The van der Waals surface area contributed by atoms with Gasteiger partial charge in [-0.2, -0.15) is 0 Å². The van der Waals surface area contributed by atoms with E-state index < -0.39 is 0 Å². The number of hydrogen-bond acceptors (Lipinski definition) is 3. The lowest BCUT2D eigenvalue weighted by Gasteiger charge is -2.06. The minimum absolute atomic E-state index is 0.972. The molecular weight excluding hydrogens is 300 g/mol. The molecule has 0 spiro atoms. The van der Waals surface area contributed by atoms with E-state index in [4.69, 9.17) is 9.98 Å². The Kier molecular flexibility index (Phi) is 3.43. The van der Waals surface area contributed by atoms with Crippen LogP contribution in [0.5, 0.6) is 0 Å². The normalized spacial score (nSPS) is 12.2. The van der Waals surface area contributed by atoms with Crippen LogP contribution in [0.1, 0.15) is 11.1 Å². The van der Waals surface area contributed by atoms with Crippen LogP contribution in [-0.4, -0.2) is 4.98 Å². The quantitative estimate of drug-likeness (QED) is 0.440. The molecule has 4 rings (SSSR count). The van der Waals surface area contributed by atoms with Gasteiger partial charge in [-0.05, 0) is 61.4 Å². The fourth-order valence-electron chi connectivity index (χ4n) is 2.61. The Morgan fingerprint density at radius 1 is 0.913 bits per heavy atom. The zero-order chi connectivity index (χ0) is 15.8. The smallest absolute Gasteiger partial charge is 0.0811 e. The molecule has 1 aliphatic carbocycles. The Labute approximate surface area is 139 Å². The highest BCUT2D eigenvalue weighted by Crippen LogP contribution is 2.29. The number of fused-ring (bicyclic) bond motifs is 2. The third-order valence-electron chi connectivity index (χ3n) is 3.88. The molecule has 0 amide bonds. The number of aryl methyl sites for hydroxylation is 2. The Hall–Kier alpha value is -2.52. The van der Waals surface area contributed by atoms with Crippen LogP contribution >= 0.6 is 11.3 Å². The SMILES string of the molecule is Cc1ccc(C)c(N=c2ccc3nc4ccccc4sc-3c2)c1. The van der Waals surface area contributed by atoms with Crippen LogP contribution in [0.2, 0.25) is 0 Å². The van der Waals surface area contributed by atoms with E-state index in [1.165, 1.54) is 15.8 Å². The first-order valence-corrected chi connectivity index (χ1v) is 8.42. The first kappa shape index (κ1) is 14.1. The number of rotatable bonds is 1. The van der Waals surface area contributed by atoms with Crippen LogP contribution in [0.15, 0.2) is 65.7 Å². The Morgan fingerprint density at radius 3 is 2.70 bits per heavy atom. The van der Waals surface area contributed by atoms with Gasteiger partial charge in [0.15, 0.2) is 0 Å². The number of aromatic nitrogens is 1. The largest absolute Gasteiger partial charge is 0.249 e. The van der Waals surface area contributed by atoms with Gasteiger partial charge in [-0.3, -0.25) is 0 Å². The second-order valence-corrected chi connectivity index (χ2v) is 6.82. The van der Waals surface area contributed by atoms with E-state index >= 15 is 0 Å². The van der Waals surface area contributed by atoms with Gasteiger partial charge in [0, 0.05) is 0 Å². The fraction of sp³-hybridized carbons (Fsp3) is 0.100. The van der Waals surface area contributed by atoms with Gasteiger partial charge >= 0.3 is 0 Å². The zero-order valence-electron chi connectivity index (χ0n) is 13.1. The van der Waals surface area contributed by atoms with Crippen molar-refractivity contribution in [2.75, 3.05) is 0 Å². The molecule has 0 saturated carbocycles.